The van der Waals surface area contributed by atoms with Crippen molar-refractivity contribution in [2.75, 3.05) is 0 Å². The Bertz CT molecular complexity index is 1380. The van der Waals surface area contributed by atoms with E-state index in [1.54, 1.807) is 42.8 Å². The van der Waals surface area contributed by atoms with E-state index in [-0.39, 0.29) is 17.0 Å². The number of allylic oxidation sites excluding steroid dienone is 2. The molecule has 0 radical (unpaired) electrons. The van der Waals surface area contributed by atoms with Gasteiger partial charge in [-0.3, -0.25) is 20.3 Å². The molecule has 1 aliphatic carbocycles. The van der Waals surface area contributed by atoms with Gasteiger partial charge in [0.05, 0.1) is 11.0 Å². The Balaban J connectivity index is 1.84. The number of benzene rings is 1. The van der Waals surface area contributed by atoms with Crippen LogP contribution in [0.3, 0.4) is 0 Å². The van der Waals surface area contributed by atoms with Gasteiger partial charge in [0.25, 0.3) is 5.91 Å². The van der Waals surface area contributed by atoms with Gasteiger partial charge in [0.15, 0.2) is 0 Å². The smallest absolute Gasteiger partial charge is 0.257 e. The third-order valence-corrected chi connectivity index (χ3v) is 6.01. The van der Waals surface area contributed by atoms with Crippen LogP contribution in [-0.2, 0) is 0 Å². The standard InChI is InChI=1S/C26H27BrN4O4/c1-26(2,34)9-3-5-16(14-29-35)17-11-18(27)13-20(12-17)31-15-22(25(33)30-19-7-8-19)23(32)21-6-4-10-28-24(21)31/h3-6,10-15,19,29,34-35H,7-9H2,1-2H3,(H,30,33)/b5-3-,16-14+. The van der Waals surface area contributed by atoms with Crippen molar-refractivity contribution in [2.45, 2.75) is 44.8 Å². The monoisotopic (exact) mass is 538 g/mol. The number of amides is 1. The normalized spacial score (nSPS) is 14.5. The number of hydrogen-bond donors (Lipinski definition) is 4. The number of pyridine rings is 2. The summed E-state index contributed by atoms with van der Waals surface area (Å²) in [6, 6.07) is 9.05. The van der Waals surface area contributed by atoms with Crippen LogP contribution in [0, 0.1) is 0 Å². The van der Waals surface area contributed by atoms with Crippen molar-refractivity contribution in [3.63, 3.8) is 0 Å². The average Bonchev–Trinajstić information content (AvgIpc) is 3.61. The lowest BCUT2D eigenvalue weighted by atomic mass is 10.0. The molecule has 4 N–H and O–H groups in total. The van der Waals surface area contributed by atoms with E-state index in [1.807, 2.05) is 24.3 Å². The van der Waals surface area contributed by atoms with Crippen LogP contribution in [0.25, 0.3) is 22.3 Å². The van der Waals surface area contributed by atoms with Gasteiger partial charge in [-0.15, -0.1) is 0 Å². The molecule has 1 aliphatic rings. The molecule has 1 aromatic carbocycles. The molecule has 1 fully saturated rings. The largest absolute Gasteiger partial charge is 0.390 e. The SMILES string of the molecule is CC(C)(O)C/C=C\C(=C/NO)c1cc(Br)cc(-n2cc(C(=O)NC3CC3)c(=O)c3cccnc32)c1. The molecule has 9 heteroatoms. The predicted molar refractivity (Wildman–Crippen MR) is 138 cm³/mol. The second-order valence-corrected chi connectivity index (χ2v) is 10.1. The lowest BCUT2D eigenvalue weighted by Gasteiger charge is -2.15. The fraction of sp³-hybridized carbons (Fsp3) is 0.269. The maximum absolute atomic E-state index is 13.1. The maximum Gasteiger partial charge on any atom is 0.257 e. The van der Waals surface area contributed by atoms with Crippen molar-refractivity contribution in [2.24, 2.45) is 0 Å². The first kappa shape index (κ1) is 24.8. The van der Waals surface area contributed by atoms with Gasteiger partial charge >= 0.3 is 0 Å². The molecule has 0 atom stereocenters. The first-order valence-corrected chi connectivity index (χ1v) is 12.1. The number of nitrogens with zero attached hydrogens (tertiary/aromatic N) is 2. The van der Waals surface area contributed by atoms with E-state index in [0.29, 0.717) is 28.7 Å². The van der Waals surface area contributed by atoms with Crippen molar-refractivity contribution >= 4 is 38.4 Å². The van der Waals surface area contributed by atoms with Gasteiger partial charge in [-0.2, -0.15) is 0 Å². The summed E-state index contributed by atoms with van der Waals surface area (Å²) < 4.78 is 2.47. The molecule has 35 heavy (non-hydrogen) atoms. The van der Waals surface area contributed by atoms with Crippen LogP contribution in [0.1, 0.15) is 49.0 Å². The highest BCUT2D eigenvalue weighted by molar-refractivity contribution is 9.10. The summed E-state index contributed by atoms with van der Waals surface area (Å²) >= 11 is 3.55. The number of nitrogens with one attached hydrogen (secondary N) is 2. The zero-order valence-corrected chi connectivity index (χ0v) is 21.0. The Labute approximate surface area is 211 Å². The lowest BCUT2D eigenvalue weighted by molar-refractivity contribution is 0.0838. The molecule has 182 valence electrons. The molecule has 0 spiro atoms. The molecule has 0 unspecified atom stereocenters. The third kappa shape index (κ3) is 6.05. The Kier molecular flexibility index (Phi) is 7.20. The van der Waals surface area contributed by atoms with E-state index in [4.69, 9.17) is 0 Å². The third-order valence-electron chi connectivity index (χ3n) is 5.55. The van der Waals surface area contributed by atoms with Crippen molar-refractivity contribution in [1.29, 1.82) is 0 Å². The maximum atomic E-state index is 13.1. The molecule has 4 rings (SSSR count). The Morgan fingerprint density at radius 2 is 2.09 bits per heavy atom. The van der Waals surface area contributed by atoms with E-state index in [1.165, 1.54) is 12.4 Å². The van der Waals surface area contributed by atoms with Crippen molar-refractivity contribution in [3.8, 4) is 5.69 Å². The Morgan fingerprint density at radius 3 is 2.77 bits per heavy atom. The lowest BCUT2D eigenvalue weighted by Crippen LogP contribution is -2.31. The molecule has 3 aromatic rings. The van der Waals surface area contributed by atoms with Gasteiger partial charge in [0, 0.05) is 34.8 Å². The van der Waals surface area contributed by atoms with Crippen LogP contribution < -0.4 is 16.2 Å². The van der Waals surface area contributed by atoms with Gasteiger partial charge in [-0.25, -0.2) is 4.98 Å². The fourth-order valence-corrected chi connectivity index (χ4v) is 4.14. The van der Waals surface area contributed by atoms with Gasteiger partial charge in [-0.05, 0) is 74.6 Å². The first-order chi connectivity index (χ1) is 16.7. The number of carbonyl (C=O) groups excluding carboxylic acids is 1. The van der Waals surface area contributed by atoms with Crippen LogP contribution in [0.2, 0.25) is 0 Å². The number of carbonyl (C=O) groups is 1. The summed E-state index contributed by atoms with van der Waals surface area (Å²) in [6.45, 7) is 3.43. The topological polar surface area (TPSA) is 116 Å². The second-order valence-electron chi connectivity index (χ2n) is 9.21. The number of hydroxylamine groups is 1. The highest BCUT2D eigenvalue weighted by Gasteiger charge is 2.26. The van der Waals surface area contributed by atoms with Gasteiger partial charge in [0.2, 0.25) is 5.43 Å². The fourth-order valence-electron chi connectivity index (χ4n) is 3.66. The van der Waals surface area contributed by atoms with Crippen LogP contribution in [0.4, 0.5) is 0 Å². The highest BCUT2D eigenvalue weighted by atomic mass is 79.9. The molecular formula is C26H27BrN4O4. The minimum atomic E-state index is -0.866. The zero-order valence-electron chi connectivity index (χ0n) is 19.5. The van der Waals surface area contributed by atoms with Crippen molar-refractivity contribution in [3.05, 3.63) is 86.9 Å². The van der Waals surface area contributed by atoms with Gasteiger partial charge < -0.3 is 15.0 Å². The molecule has 1 amide bonds. The summed E-state index contributed by atoms with van der Waals surface area (Å²) in [5.41, 5.74) is 3.39. The average molecular weight is 539 g/mol. The molecule has 0 saturated heterocycles. The summed E-state index contributed by atoms with van der Waals surface area (Å²) in [7, 11) is 0. The number of aromatic nitrogens is 2. The molecule has 8 nitrogen and oxygen atoms in total. The number of aliphatic hydroxyl groups is 1. The number of rotatable bonds is 8. The predicted octanol–water partition coefficient (Wildman–Crippen LogP) is 4.08. The first-order valence-electron chi connectivity index (χ1n) is 11.3. The number of halogens is 1. The van der Waals surface area contributed by atoms with E-state index in [2.05, 4.69) is 31.7 Å². The molecule has 1 saturated carbocycles. The summed E-state index contributed by atoms with van der Waals surface area (Å²) in [5.74, 6) is -0.396. The minimum Gasteiger partial charge on any atom is -0.390 e. The second kappa shape index (κ2) is 10.2. The molecular weight excluding hydrogens is 512 g/mol. The summed E-state index contributed by atoms with van der Waals surface area (Å²) in [5, 5.41) is 22.6. The van der Waals surface area contributed by atoms with E-state index >= 15 is 0 Å². The van der Waals surface area contributed by atoms with Gasteiger partial charge in [-0.1, -0.05) is 28.1 Å². The minimum absolute atomic E-state index is 0.0526. The van der Waals surface area contributed by atoms with Crippen LogP contribution in [0.15, 0.2) is 70.3 Å². The summed E-state index contributed by atoms with van der Waals surface area (Å²) in [4.78, 5) is 30.3. The van der Waals surface area contributed by atoms with Gasteiger partial charge in [0.1, 0.15) is 11.2 Å². The molecule has 0 bridgehead atoms. The van der Waals surface area contributed by atoms with Crippen LogP contribution in [-0.4, -0.2) is 37.4 Å². The van der Waals surface area contributed by atoms with Crippen LogP contribution >= 0.6 is 15.9 Å². The molecule has 2 aromatic heterocycles. The Hall–Kier alpha value is -3.27. The van der Waals surface area contributed by atoms with E-state index in [0.717, 1.165) is 22.9 Å². The Morgan fingerprint density at radius 1 is 1.31 bits per heavy atom. The molecule has 2 heterocycles. The highest BCUT2D eigenvalue weighted by Crippen LogP contribution is 2.27. The quantitative estimate of drug-likeness (QED) is 0.253. The van der Waals surface area contributed by atoms with Crippen molar-refractivity contribution < 1.29 is 15.1 Å². The number of fused-ring (bicyclic) bond motifs is 1. The van der Waals surface area contributed by atoms with E-state index in [9.17, 15) is 19.9 Å². The van der Waals surface area contributed by atoms with Crippen LogP contribution in [0.5, 0.6) is 0 Å². The van der Waals surface area contributed by atoms with E-state index < -0.39 is 11.5 Å². The summed E-state index contributed by atoms with van der Waals surface area (Å²) in [6.07, 6.45) is 10.4. The van der Waals surface area contributed by atoms with Crippen molar-refractivity contribution in [1.82, 2.24) is 20.3 Å². The molecule has 0 aliphatic heterocycles. The number of hydrogen-bond acceptors (Lipinski definition) is 6. The zero-order chi connectivity index (χ0) is 25.2.